The van der Waals surface area contributed by atoms with Crippen molar-refractivity contribution in [3.8, 4) is 5.95 Å². The maximum absolute atomic E-state index is 12.4. The van der Waals surface area contributed by atoms with Crippen LogP contribution in [0.5, 0.6) is 0 Å². The maximum Gasteiger partial charge on any atom is 0.289 e. The number of hydrogen-bond acceptors (Lipinski definition) is 7. The van der Waals surface area contributed by atoms with Gasteiger partial charge in [0.1, 0.15) is 5.92 Å². The van der Waals surface area contributed by atoms with E-state index in [1.54, 1.807) is 24.3 Å². The molecule has 0 saturated carbocycles. The second kappa shape index (κ2) is 5.12. The van der Waals surface area contributed by atoms with E-state index in [0.29, 0.717) is 11.1 Å². The maximum atomic E-state index is 12.4. The Labute approximate surface area is 136 Å². The van der Waals surface area contributed by atoms with Crippen LogP contribution in [0.3, 0.4) is 0 Å². The van der Waals surface area contributed by atoms with Crippen molar-refractivity contribution in [2.45, 2.75) is 19.8 Å². The molecule has 0 fully saturated rings. The minimum absolute atomic E-state index is 0.00600. The number of aryl methyl sites for hydroxylation is 2. The zero-order valence-corrected chi connectivity index (χ0v) is 13.0. The van der Waals surface area contributed by atoms with Crippen LogP contribution < -0.4 is 0 Å². The van der Waals surface area contributed by atoms with Crippen LogP contribution in [-0.2, 0) is 0 Å². The summed E-state index contributed by atoms with van der Waals surface area (Å²) in [7, 11) is 0. The van der Waals surface area contributed by atoms with Gasteiger partial charge in [0, 0.05) is 16.8 Å². The Balaban J connectivity index is 1.71. The molecule has 0 N–H and O–H groups in total. The molecule has 1 aromatic carbocycles. The van der Waals surface area contributed by atoms with Crippen LogP contribution >= 0.6 is 0 Å². The highest BCUT2D eigenvalue weighted by molar-refractivity contribution is 6.29. The Bertz CT molecular complexity index is 941. The van der Waals surface area contributed by atoms with E-state index < -0.39 is 5.92 Å². The van der Waals surface area contributed by atoms with Gasteiger partial charge in [0.2, 0.25) is 0 Å². The molecule has 0 atom stereocenters. The van der Waals surface area contributed by atoms with Crippen molar-refractivity contribution in [3.63, 3.8) is 0 Å². The van der Waals surface area contributed by atoms with Crippen molar-refractivity contribution >= 4 is 11.6 Å². The van der Waals surface area contributed by atoms with Crippen LogP contribution in [0, 0.1) is 13.8 Å². The van der Waals surface area contributed by atoms with Gasteiger partial charge >= 0.3 is 0 Å². The second-order valence-corrected chi connectivity index (χ2v) is 5.60. The van der Waals surface area contributed by atoms with Gasteiger partial charge in [0.25, 0.3) is 5.95 Å². The first-order valence-electron chi connectivity index (χ1n) is 7.34. The molecule has 1 aliphatic carbocycles. The lowest BCUT2D eigenvalue weighted by atomic mass is 10.0. The summed E-state index contributed by atoms with van der Waals surface area (Å²) in [4.78, 5) is 24.9. The van der Waals surface area contributed by atoms with E-state index >= 15 is 0 Å². The summed E-state index contributed by atoms with van der Waals surface area (Å²) in [6.07, 6.45) is 0. The number of rotatable bonds is 2. The van der Waals surface area contributed by atoms with E-state index in [4.69, 9.17) is 0 Å². The van der Waals surface area contributed by atoms with Gasteiger partial charge in [-0.25, -0.2) is 4.68 Å². The third-order valence-corrected chi connectivity index (χ3v) is 3.92. The first-order valence-corrected chi connectivity index (χ1v) is 7.34. The predicted molar refractivity (Wildman–Crippen MR) is 82.1 cm³/mol. The zero-order valence-electron chi connectivity index (χ0n) is 13.0. The van der Waals surface area contributed by atoms with Crippen molar-refractivity contribution in [1.29, 1.82) is 0 Å². The van der Waals surface area contributed by atoms with Crippen LogP contribution in [0.15, 0.2) is 30.3 Å². The second-order valence-electron chi connectivity index (χ2n) is 5.60. The number of carbonyl (C=O) groups is 2. The standard InChI is InChI=1S/C16H12N6O2/c1-8-7-9(2)22(21-8)16-19-17-15(18-20-16)12-13(23)10-5-3-4-6-11(10)14(12)24/h3-7,12H,1-2H3. The molecule has 24 heavy (non-hydrogen) atoms. The van der Waals surface area contributed by atoms with Crippen LogP contribution in [0.2, 0.25) is 0 Å². The minimum Gasteiger partial charge on any atom is -0.293 e. The third-order valence-electron chi connectivity index (χ3n) is 3.92. The van der Waals surface area contributed by atoms with Crippen LogP contribution in [-0.4, -0.2) is 41.7 Å². The molecule has 2 heterocycles. The Hall–Kier alpha value is -3.29. The van der Waals surface area contributed by atoms with Gasteiger partial charge in [-0.3, -0.25) is 9.59 Å². The highest BCUT2D eigenvalue weighted by Gasteiger charge is 2.41. The molecule has 0 amide bonds. The van der Waals surface area contributed by atoms with Gasteiger partial charge in [0.05, 0.1) is 5.69 Å². The quantitative estimate of drug-likeness (QED) is 0.654. The summed E-state index contributed by atoms with van der Waals surface area (Å²) in [5.74, 6) is -1.51. The largest absolute Gasteiger partial charge is 0.293 e. The van der Waals surface area contributed by atoms with Gasteiger partial charge in [0.15, 0.2) is 17.4 Å². The van der Waals surface area contributed by atoms with Gasteiger partial charge in [-0.1, -0.05) is 24.3 Å². The van der Waals surface area contributed by atoms with E-state index in [-0.39, 0.29) is 23.3 Å². The fraction of sp³-hybridized carbons (Fsp3) is 0.188. The fourth-order valence-corrected chi connectivity index (χ4v) is 2.84. The summed E-state index contributed by atoms with van der Waals surface area (Å²) in [5.41, 5.74) is 2.43. The minimum atomic E-state index is -1.07. The van der Waals surface area contributed by atoms with Crippen molar-refractivity contribution < 1.29 is 9.59 Å². The monoisotopic (exact) mass is 320 g/mol. The number of Topliss-reactive ketones (excluding diaryl/α,β-unsaturated/α-hetero) is 2. The number of benzene rings is 1. The van der Waals surface area contributed by atoms with Gasteiger partial charge < -0.3 is 0 Å². The van der Waals surface area contributed by atoms with Crippen molar-refractivity contribution in [2.75, 3.05) is 0 Å². The molecule has 3 aromatic rings. The van der Waals surface area contributed by atoms with E-state index in [1.807, 2.05) is 19.9 Å². The lowest BCUT2D eigenvalue weighted by Crippen LogP contribution is -2.19. The molecule has 2 aromatic heterocycles. The van der Waals surface area contributed by atoms with E-state index in [0.717, 1.165) is 11.4 Å². The average molecular weight is 320 g/mol. The number of carbonyl (C=O) groups excluding carboxylic acids is 2. The molecule has 0 saturated heterocycles. The number of hydrogen-bond donors (Lipinski definition) is 0. The molecule has 0 unspecified atom stereocenters. The van der Waals surface area contributed by atoms with Crippen molar-refractivity contribution in [1.82, 2.24) is 30.2 Å². The zero-order chi connectivity index (χ0) is 16.8. The number of aromatic nitrogens is 6. The molecular weight excluding hydrogens is 308 g/mol. The summed E-state index contributed by atoms with van der Waals surface area (Å²) >= 11 is 0. The Morgan fingerprint density at radius 3 is 2.00 bits per heavy atom. The van der Waals surface area contributed by atoms with Gasteiger partial charge in [-0.05, 0) is 19.9 Å². The molecule has 1 aliphatic rings. The molecule has 8 heteroatoms. The first kappa shape index (κ1) is 14.3. The molecule has 0 spiro atoms. The van der Waals surface area contributed by atoms with E-state index in [9.17, 15) is 9.59 Å². The number of ketones is 2. The topological polar surface area (TPSA) is 104 Å². The summed E-state index contributed by atoms with van der Waals surface area (Å²) in [5, 5.41) is 20.1. The van der Waals surface area contributed by atoms with E-state index in [2.05, 4.69) is 25.5 Å². The first-order chi connectivity index (χ1) is 11.6. The van der Waals surface area contributed by atoms with Crippen molar-refractivity contribution in [3.05, 3.63) is 58.7 Å². The predicted octanol–water partition coefficient (Wildman–Crippen LogP) is 1.23. The highest BCUT2D eigenvalue weighted by atomic mass is 16.2. The molecule has 118 valence electrons. The van der Waals surface area contributed by atoms with Crippen LogP contribution in [0.25, 0.3) is 5.95 Å². The lowest BCUT2D eigenvalue weighted by molar-refractivity contribution is 0.0884. The Morgan fingerprint density at radius 1 is 0.917 bits per heavy atom. The summed E-state index contributed by atoms with van der Waals surface area (Å²) in [6, 6.07) is 8.56. The summed E-state index contributed by atoms with van der Waals surface area (Å²) in [6.45, 7) is 3.71. The molecular formula is C16H12N6O2. The Kier molecular flexibility index (Phi) is 3.05. The van der Waals surface area contributed by atoms with E-state index in [1.165, 1.54) is 4.68 Å². The van der Waals surface area contributed by atoms with Gasteiger partial charge in [-0.15, -0.1) is 20.4 Å². The molecule has 0 aliphatic heterocycles. The smallest absolute Gasteiger partial charge is 0.289 e. The molecule has 0 radical (unpaired) electrons. The van der Waals surface area contributed by atoms with Crippen LogP contribution in [0.1, 0.15) is 43.8 Å². The molecule has 0 bridgehead atoms. The average Bonchev–Trinajstić information content (AvgIpc) is 3.05. The van der Waals surface area contributed by atoms with Crippen molar-refractivity contribution in [2.24, 2.45) is 0 Å². The summed E-state index contributed by atoms with van der Waals surface area (Å²) < 4.78 is 1.51. The lowest BCUT2D eigenvalue weighted by Gasteiger charge is -2.05. The third kappa shape index (κ3) is 2.03. The number of nitrogens with zero attached hydrogens (tertiary/aromatic N) is 6. The SMILES string of the molecule is Cc1cc(C)n(-c2nnc(C3C(=O)c4ccccc4C3=O)nn2)n1. The van der Waals surface area contributed by atoms with Gasteiger partial charge in [-0.2, -0.15) is 5.10 Å². The normalized spacial score (nSPS) is 14.2. The Morgan fingerprint density at radius 2 is 1.50 bits per heavy atom. The van der Waals surface area contributed by atoms with Crippen LogP contribution in [0.4, 0.5) is 0 Å². The number of fused-ring (bicyclic) bond motifs is 1. The fourth-order valence-electron chi connectivity index (χ4n) is 2.84. The molecule has 4 rings (SSSR count). The molecule has 8 nitrogen and oxygen atoms in total. The highest BCUT2D eigenvalue weighted by Crippen LogP contribution is 2.31.